The number of hydrogen-bond acceptors (Lipinski definition) is 3. The number of hydrogen-bond donors (Lipinski definition) is 2. The largest absolute Gasteiger partial charge is 0.352 e. The summed E-state index contributed by atoms with van der Waals surface area (Å²) < 4.78 is 0. The minimum Gasteiger partial charge on any atom is -0.352 e. The minimum absolute atomic E-state index is 0.158. The first-order chi connectivity index (χ1) is 8.15. The summed E-state index contributed by atoms with van der Waals surface area (Å²) in [6.45, 7) is 2.14. The van der Waals surface area contributed by atoms with E-state index in [0.717, 1.165) is 45.2 Å². The zero-order valence-electron chi connectivity index (χ0n) is 10.8. The van der Waals surface area contributed by atoms with E-state index in [-0.39, 0.29) is 17.9 Å². The lowest BCUT2D eigenvalue weighted by atomic mass is 9.85. The fourth-order valence-electron chi connectivity index (χ4n) is 3.07. The highest BCUT2D eigenvalue weighted by Crippen LogP contribution is 2.23. The van der Waals surface area contributed by atoms with Gasteiger partial charge in [0.05, 0.1) is 0 Å². The van der Waals surface area contributed by atoms with Gasteiger partial charge in [-0.05, 0) is 45.7 Å². The van der Waals surface area contributed by atoms with E-state index in [1.54, 1.807) is 0 Å². The second kappa shape index (κ2) is 5.83. The first kappa shape index (κ1) is 12.8. The second-order valence-electron chi connectivity index (χ2n) is 5.73. The molecule has 0 aromatic carbocycles. The Balaban J connectivity index is 1.79. The molecular weight excluding hydrogens is 214 g/mol. The molecule has 0 bridgehead atoms. The molecule has 0 radical (unpaired) electrons. The molecule has 2 aliphatic rings. The van der Waals surface area contributed by atoms with Crippen molar-refractivity contribution >= 4 is 5.91 Å². The van der Waals surface area contributed by atoms with Crippen molar-refractivity contribution in [1.29, 1.82) is 0 Å². The van der Waals surface area contributed by atoms with Gasteiger partial charge in [0, 0.05) is 24.5 Å². The van der Waals surface area contributed by atoms with E-state index in [1.807, 2.05) is 0 Å². The molecule has 4 heteroatoms. The molecule has 1 heterocycles. The molecule has 2 rings (SSSR count). The maximum absolute atomic E-state index is 12.1. The summed E-state index contributed by atoms with van der Waals surface area (Å²) in [6.07, 6.45) is 6.37. The Morgan fingerprint density at radius 1 is 1.29 bits per heavy atom. The molecule has 98 valence electrons. The van der Waals surface area contributed by atoms with Crippen molar-refractivity contribution in [2.75, 3.05) is 20.1 Å². The van der Waals surface area contributed by atoms with Crippen LogP contribution in [0.5, 0.6) is 0 Å². The summed E-state index contributed by atoms with van der Waals surface area (Å²) in [7, 11) is 2.12. The first-order valence-electron chi connectivity index (χ1n) is 6.89. The summed E-state index contributed by atoms with van der Waals surface area (Å²) in [5.74, 6) is 0.395. The molecular formula is C13H25N3O. The van der Waals surface area contributed by atoms with Gasteiger partial charge in [-0.1, -0.05) is 6.42 Å². The molecule has 17 heavy (non-hydrogen) atoms. The lowest BCUT2D eigenvalue weighted by Crippen LogP contribution is -2.49. The molecule has 3 N–H and O–H groups in total. The van der Waals surface area contributed by atoms with Crippen LogP contribution >= 0.6 is 0 Å². The van der Waals surface area contributed by atoms with Gasteiger partial charge in [-0.3, -0.25) is 4.79 Å². The van der Waals surface area contributed by atoms with Crippen LogP contribution in [0.2, 0.25) is 0 Å². The van der Waals surface area contributed by atoms with E-state index in [2.05, 4.69) is 17.3 Å². The molecule has 0 aromatic rings. The Kier molecular flexibility index (Phi) is 4.40. The molecule has 4 nitrogen and oxygen atoms in total. The topological polar surface area (TPSA) is 58.4 Å². The van der Waals surface area contributed by atoms with Crippen molar-refractivity contribution < 1.29 is 4.79 Å². The highest BCUT2D eigenvalue weighted by Gasteiger charge is 2.27. The Morgan fingerprint density at radius 2 is 2.12 bits per heavy atom. The molecule has 0 spiro atoms. The lowest BCUT2D eigenvalue weighted by molar-refractivity contribution is -0.127. The number of rotatable bonds is 2. The molecule has 1 saturated heterocycles. The van der Waals surface area contributed by atoms with Gasteiger partial charge in [0.25, 0.3) is 0 Å². The summed E-state index contributed by atoms with van der Waals surface area (Å²) in [4.78, 5) is 14.4. The van der Waals surface area contributed by atoms with Crippen molar-refractivity contribution in [3.05, 3.63) is 0 Å². The monoisotopic (exact) mass is 239 g/mol. The number of piperidine rings is 1. The van der Waals surface area contributed by atoms with E-state index in [0.29, 0.717) is 6.04 Å². The van der Waals surface area contributed by atoms with Crippen molar-refractivity contribution in [2.45, 2.75) is 50.6 Å². The highest BCUT2D eigenvalue weighted by molar-refractivity contribution is 5.79. The number of nitrogens with one attached hydrogen (secondary N) is 1. The van der Waals surface area contributed by atoms with Gasteiger partial charge >= 0.3 is 0 Å². The molecule has 1 aliphatic carbocycles. The smallest absolute Gasteiger partial charge is 0.223 e. The summed E-state index contributed by atoms with van der Waals surface area (Å²) in [5.41, 5.74) is 5.93. The van der Waals surface area contributed by atoms with Crippen molar-refractivity contribution in [1.82, 2.24) is 10.2 Å². The lowest BCUT2D eigenvalue weighted by Gasteiger charge is -2.32. The normalized spacial score (nSPS) is 35.5. The Bertz CT molecular complexity index is 269. The van der Waals surface area contributed by atoms with Crippen molar-refractivity contribution in [2.24, 2.45) is 11.7 Å². The van der Waals surface area contributed by atoms with Gasteiger partial charge in [0.1, 0.15) is 0 Å². The van der Waals surface area contributed by atoms with Crippen LogP contribution in [0.15, 0.2) is 0 Å². The number of nitrogens with zero attached hydrogens (tertiary/aromatic N) is 1. The van der Waals surface area contributed by atoms with Crippen LogP contribution in [-0.2, 0) is 4.79 Å². The van der Waals surface area contributed by atoms with E-state index in [1.165, 1.54) is 6.42 Å². The SMILES string of the molecule is CN1CCCC(NC(=O)C2CCCC(N)C2)C1. The first-order valence-corrected chi connectivity index (χ1v) is 6.89. The van der Waals surface area contributed by atoms with Crippen LogP contribution in [0, 0.1) is 5.92 Å². The fourth-order valence-corrected chi connectivity index (χ4v) is 3.07. The Morgan fingerprint density at radius 3 is 2.82 bits per heavy atom. The van der Waals surface area contributed by atoms with Crippen molar-refractivity contribution in [3.8, 4) is 0 Å². The quantitative estimate of drug-likeness (QED) is 0.746. The van der Waals surface area contributed by atoms with Crippen LogP contribution in [0.3, 0.4) is 0 Å². The van der Waals surface area contributed by atoms with E-state index in [9.17, 15) is 4.79 Å². The standard InChI is InChI=1S/C13H25N3O/c1-16-7-3-6-12(9-16)15-13(17)10-4-2-5-11(14)8-10/h10-12H,2-9,14H2,1H3,(H,15,17). The molecule has 1 amide bonds. The Hall–Kier alpha value is -0.610. The zero-order valence-corrected chi connectivity index (χ0v) is 10.8. The fraction of sp³-hybridized carbons (Fsp3) is 0.923. The predicted molar refractivity (Wildman–Crippen MR) is 68.6 cm³/mol. The summed E-state index contributed by atoms with van der Waals surface area (Å²) >= 11 is 0. The van der Waals surface area contributed by atoms with Gasteiger partial charge in [0.2, 0.25) is 5.91 Å². The third kappa shape index (κ3) is 3.68. The Labute approximate surface area is 104 Å². The van der Waals surface area contributed by atoms with Crippen LogP contribution in [0.4, 0.5) is 0 Å². The van der Waals surface area contributed by atoms with Gasteiger partial charge in [-0.2, -0.15) is 0 Å². The number of amides is 1. The van der Waals surface area contributed by atoms with Crippen molar-refractivity contribution in [3.63, 3.8) is 0 Å². The molecule has 2 fully saturated rings. The van der Waals surface area contributed by atoms with Crippen LogP contribution in [0.1, 0.15) is 38.5 Å². The minimum atomic E-state index is 0.158. The van der Waals surface area contributed by atoms with Gasteiger partial charge in [-0.15, -0.1) is 0 Å². The maximum atomic E-state index is 12.1. The van der Waals surface area contributed by atoms with Gasteiger partial charge in [0.15, 0.2) is 0 Å². The molecule has 0 aromatic heterocycles. The number of nitrogens with two attached hydrogens (primary N) is 1. The van der Waals surface area contributed by atoms with Crippen LogP contribution in [-0.4, -0.2) is 43.0 Å². The zero-order chi connectivity index (χ0) is 12.3. The average molecular weight is 239 g/mol. The molecule has 1 aliphatic heterocycles. The number of likely N-dealkylation sites (tertiary alicyclic amines) is 1. The van der Waals surface area contributed by atoms with Gasteiger partial charge in [-0.25, -0.2) is 0 Å². The second-order valence-corrected chi connectivity index (χ2v) is 5.73. The number of likely N-dealkylation sites (N-methyl/N-ethyl adjacent to an activating group) is 1. The van der Waals surface area contributed by atoms with E-state index >= 15 is 0 Å². The number of carbonyl (C=O) groups excluding carboxylic acids is 1. The predicted octanol–water partition coefficient (Wildman–Crippen LogP) is 0.714. The maximum Gasteiger partial charge on any atom is 0.223 e. The van der Waals surface area contributed by atoms with E-state index in [4.69, 9.17) is 5.73 Å². The highest BCUT2D eigenvalue weighted by atomic mass is 16.1. The van der Waals surface area contributed by atoms with Crippen LogP contribution < -0.4 is 11.1 Å². The summed E-state index contributed by atoms with van der Waals surface area (Å²) in [6, 6.07) is 0.577. The van der Waals surface area contributed by atoms with Crippen LogP contribution in [0.25, 0.3) is 0 Å². The molecule has 3 unspecified atom stereocenters. The van der Waals surface area contributed by atoms with E-state index < -0.39 is 0 Å². The molecule has 1 saturated carbocycles. The molecule has 3 atom stereocenters. The van der Waals surface area contributed by atoms with Gasteiger partial charge < -0.3 is 16.0 Å². The third-order valence-corrected chi connectivity index (χ3v) is 4.06. The average Bonchev–Trinajstić information content (AvgIpc) is 2.29. The number of carbonyl (C=O) groups is 1. The summed E-state index contributed by atoms with van der Waals surface area (Å²) in [5, 5.41) is 3.20. The third-order valence-electron chi connectivity index (χ3n) is 4.06.